The third-order valence-electron chi connectivity index (χ3n) is 6.36. The maximum atomic E-state index is 13.8. The highest BCUT2D eigenvalue weighted by molar-refractivity contribution is 6.44. The fourth-order valence-electron chi connectivity index (χ4n) is 4.84. The first-order chi connectivity index (χ1) is 16.7. The molecule has 2 aliphatic heterocycles. The molecule has 35 heavy (non-hydrogen) atoms. The Balaban J connectivity index is 1.69. The predicted molar refractivity (Wildman–Crippen MR) is 131 cm³/mol. The molecule has 0 unspecified atom stereocenters. The normalized spacial score (nSPS) is 18.3. The molecule has 0 aliphatic carbocycles. The summed E-state index contributed by atoms with van der Waals surface area (Å²) in [5, 5.41) is 3.60. The molecular formula is C26H26ClN4O4+. The van der Waals surface area contributed by atoms with E-state index in [0.717, 1.165) is 24.0 Å². The van der Waals surface area contributed by atoms with Crippen LogP contribution >= 0.6 is 11.6 Å². The van der Waals surface area contributed by atoms with Gasteiger partial charge >= 0.3 is 5.91 Å². The molecule has 1 fully saturated rings. The highest BCUT2D eigenvalue weighted by atomic mass is 35.5. The van der Waals surface area contributed by atoms with Gasteiger partial charge in [-0.2, -0.15) is 4.57 Å². The monoisotopic (exact) mass is 493 g/mol. The molecule has 0 spiro atoms. The van der Waals surface area contributed by atoms with E-state index >= 15 is 0 Å². The fourth-order valence-corrected chi connectivity index (χ4v) is 4.96. The van der Waals surface area contributed by atoms with Gasteiger partial charge in [0.2, 0.25) is 0 Å². The Morgan fingerprint density at radius 3 is 2.37 bits per heavy atom. The van der Waals surface area contributed by atoms with Gasteiger partial charge in [0.1, 0.15) is 5.57 Å². The number of benzene rings is 1. The van der Waals surface area contributed by atoms with Crippen molar-refractivity contribution in [3.05, 3.63) is 80.5 Å². The fraction of sp³-hybridized carbons (Fsp3) is 0.308. The van der Waals surface area contributed by atoms with E-state index in [1.54, 1.807) is 48.1 Å². The number of hydrogen-bond donors (Lipinski definition) is 1. The molecule has 1 aromatic carbocycles. The lowest BCUT2D eigenvalue weighted by Gasteiger charge is -2.18. The Morgan fingerprint density at radius 2 is 1.74 bits per heavy atom. The summed E-state index contributed by atoms with van der Waals surface area (Å²) in [5.41, 5.74) is 2.94. The number of carbonyl (C=O) groups is 2. The molecule has 0 saturated carbocycles. The van der Waals surface area contributed by atoms with Crippen molar-refractivity contribution in [2.75, 3.05) is 13.2 Å². The SMILES string of the molecule is Cc1cc(C)c[n+](C2=C(c3c(C)[nH]n(-c4ccc(Cl)cc4)c3=O)C(=O)N(C[C@H]3CCCO3)C2=O)c1. The molecule has 9 heteroatoms. The summed E-state index contributed by atoms with van der Waals surface area (Å²) < 4.78 is 8.72. The van der Waals surface area contributed by atoms with Gasteiger partial charge in [-0.3, -0.25) is 24.4 Å². The summed E-state index contributed by atoms with van der Waals surface area (Å²) in [6, 6.07) is 8.77. The first-order valence-corrected chi connectivity index (χ1v) is 11.9. The van der Waals surface area contributed by atoms with Gasteiger partial charge in [-0.15, -0.1) is 0 Å². The van der Waals surface area contributed by atoms with E-state index in [9.17, 15) is 14.4 Å². The van der Waals surface area contributed by atoms with Gasteiger partial charge in [0.25, 0.3) is 17.2 Å². The standard InChI is InChI=1S/C26H25ClN4O4/c1-15-11-16(2)13-29(12-15)23-22(24(32)30(26(23)34)14-20-5-4-10-35-20)21-17(3)28-31(25(21)33)19-8-6-18(27)7-9-19/h6-9,11-13,20H,4-5,10,14H2,1-3H3/p+1/t20-/m1/s1. The van der Waals surface area contributed by atoms with Crippen LogP contribution in [0.5, 0.6) is 0 Å². The zero-order chi connectivity index (χ0) is 24.9. The molecule has 2 amide bonds. The molecule has 2 aliphatic rings. The van der Waals surface area contributed by atoms with Crippen LogP contribution in [0.1, 0.15) is 35.2 Å². The lowest BCUT2D eigenvalue weighted by molar-refractivity contribution is -0.577. The molecule has 4 heterocycles. The van der Waals surface area contributed by atoms with Crippen LogP contribution < -0.4 is 10.1 Å². The quantitative estimate of drug-likeness (QED) is 0.437. The second kappa shape index (κ2) is 8.94. The van der Waals surface area contributed by atoms with Gasteiger partial charge in [0.05, 0.1) is 23.9 Å². The summed E-state index contributed by atoms with van der Waals surface area (Å²) in [7, 11) is 0. The summed E-state index contributed by atoms with van der Waals surface area (Å²) >= 11 is 6.01. The minimum absolute atomic E-state index is 0.0921. The Bertz CT molecular complexity index is 1410. The van der Waals surface area contributed by atoms with Gasteiger partial charge < -0.3 is 4.74 Å². The average molecular weight is 494 g/mol. The number of nitrogens with one attached hydrogen (secondary N) is 1. The van der Waals surface area contributed by atoms with E-state index in [4.69, 9.17) is 16.3 Å². The summed E-state index contributed by atoms with van der Waals surface area (Å²) in [6.45, 7) is 6.34. The molecule has 1 atom stereocenters. The number of halogens is 1. The first kappa shape index (κ1) is 23.3. The maximum absolute atomic E-state index is 13.8. The maximum Gasteiger partial charge on any atom is 0.327 e. The molecule has 1 saturated heterocycles. The van der Waals surface area contributed by atoms with Gasteiger partial charge in [0.15, 0.2) is 12.4 Å². The smallest absolute Gasteiger partial charge is 0.327 e. The van der Waals surface area contributed by atoms with Crippen molar-refractivity contribution >= 4 is 34.7 Å². The number of aromatic nitrogens is 3. The number of aromatic amines is 1. The third-order valence-corrected chi connectivity index (χ3v) is 6.61. The van der Waals surface area contributed by atoms with Crippen LogP contribution in [0, 0.1) is 20.8 Å². The summed E-state index contributed by atoms with van der Waals surface area (Å²) in [4.78, 5) is 42.3. The van der Waals surface area contributed by atoms with E-state index in [1.165, 1.54) is 9.58 Å². The zero-order valence-corrected chi connectivity index (χ0v) is 20.6. The van der Waals surface area contributed by atoms with Crippen LogP contribution in [0.4, 0.5) is 0 Å². The van der Waals surface area contributed by atoms with Crippen LogP contribution in [-0.2, 0) is 14.3 Å². The number of ether oxygens (including phenoxy) is 1. The van der Waals surface area contributed by atoms with Crippen LogP contribution in [0.3, 0.4) is 0 Å². The van der Waals surface area contributed by atoms with Crippen molar-refractivity contribution in [3.8, 4) is 5.69 Å². The number of pyridine rings is 1. The number of aryl methyl sites for hydroxylation is 3. The number of nitrogens with zero attached hydrogens (tertiary/aromatic N) is 3. The van der Waals surface area contributed by atoms with Gasteiger partial charge in [0, 0.05) is 28.5 Å². The lowest BCUT2D eigenvalue weighted by Crippen LogP contribution is -2.42. The number of imide groups is 1. The Labute approximate surface area is 207 Å². The number of carbonyl (C=O) groups excluding carboxylic acids is 2. The molecule has 8 nitrogen and oxygen atoms in total. The number of rotatable bonds is 5. The summed E-state index contributed by atoms with van der Waals surface area (Å²) in [6.07, 6.45) is 5.06. The second-order valence-corrected chi connectivity index (χ2v) is 9.54. The molecule has 3 aromatic rings. The van der Waals surface area contributed by atoms with Crippen LogP contribution in [-0.4, -0.2) is 45.8 Å². The Hall–Kier alpha value is -3.49. The van der Waals surface area contributed by atoms with Crippen LogP contribution in [0.15, 0.2) is 47.5 Å². The van der Waals surface area contributed by atoms with E-state index in [1.807, 2.05) is 19.9 Å². The van der Waals surface area contributed by atoms with E-state index < -0.39 is 17.4 Å². The van der Waals surface area contributed by atoms with Gasteiger partial charge in [-0.1, -0.05) is 11.6 Å². The minimum Gasteiger partial charge on any atom is -0.376 e. The van der Waals surface area contributed by atoms with Crippen LogP contribution in [0.25, 0.3) is 17.0 Å². The van der Waals surface area contributed by atoms with Crippen molar-refractivity contribution in [2.24, 2.45) is 0 Å². The van der Waals surface area contributed by atoms with Crippen LogP contribution in [0.2, 0.25) is 5.02 Å². The molecule has 1 N–H and O–H groups in total. The number of amides is 2. The average Bonchev–Trinajstić information content (AvgIpc) is 3.48. The zero-order valence-electron chi connectivity index (χ0n) is 19.8. The molecule has 0 bridgehead atoms. The van der Waals surface area contributed by atoms with Crippen molar-refractivity contribution in [3.63, 3.8) is 0 Å². The number of H-pyrrole nitrogens is 1. The molecule has 0 radical (unpaired) electrons. The molecule has 5 rings (SSSR count). The lowest BCUT2D eigenvalue weighted by atomic mass is 10.1. The summed E-state index contributed by atoms with van der Waals surface area (Å²) in [5.74, 6) is -0.928. The predicted octanol–water partition coefficient (Wildman–Crippen LogP) is 2.95. The molecule has 2 aromatic heterocycles. The minimum atomic E-state index is -0.491. The largest absolute Gasteiger partial charge is 0.376 e. The second-order valence-electron chi connectivity index (χ2n) is 9.11. The van der Waals surface area contributed by atoms with Gasteiger partial charge in [-0.05, 0) is 63.9 Å². The number of hydrogen-bond acceptors (Lipinski definition) is 4. The third kappa shape index (κ3) is 4.13. The molecular weight excluding hydrogens is 468 g/mol. The topological polar surface area (TPSA) is 88.3 Å². The van der Waals surface area contributed by atoms with E-state index in [-0.39, 0.29) is 29.5 Å². The van der Waals surface area contributed by atoms with E-state index in [2.05, 4.69) is 5.10 Å². The Kier molecular flexibility index (Phi) is 5.94. The van der Waals surface area contributed by atoms with Crippen molar-refractivity contribution in [2.45, 2.75) is 39.7 Å². The van der Waals surface area contributed by atoms with Crippen molar-refractivity contribution in [1.29, 1.82) is 0 Å². The highest BCUT2D eigenvalue weighted by Crippen LogP contribution is 2.31. The molecule has 180 valence electrons. The highest BCUT2D eigenvalue weighted by Gasteiger charge is 2.48. The first-order valence-electron chi connectivity index (χ1n) is 11.5. The van der Waals surface area contributed by atoms with Crippen molar-refractivity contribution < 1.29 is 18.9 Å². The van der Waals surface area contributed by atoms with Crippen molar-refractivity contribution in [1.82, 2.24) is 14.7 Å². The Morgan fingerprint density at radius 1 is 1.06 bits per heavy atom. The van der Waals surface area contributed by atoms with Gasteiger partial charge in [-0.25, -0.2) is 4.68 Å². The van der Waals surface area contributed by atoms with E-state index in [0.29, 0.717) is 23.0 Å².